The van der Waals surface area contributed by atoms with Gasteiger partial charge in [-0.2, -0.15) is 0 Å². The number of rotatable bonds is 3. The lowest BCUT2D eigenvalue weighted by Crippen LogP contribution is -2.39. The van der Waals surface area contributed by atoms with Gasteiger partial charge in [0.25, 0.3) is 0 Å². The number of benzene rings is 1. The lowest BCUT2D eigenvalue weighted by molar-refractivity contribution is 0.141. The Hall–Kier alpha value is -0.640. The van der Waals surface area contributed by atoms with Crippen LogP contribution < -0.4 is 5.73 Å². The second-order valence-electron chi connectivity index (χ2n) is 5.14. The van der Waals surface area contributed by atoms with Gasteiger partial charge in [0.15, 0.2) is 0 Å². The van der Waals surface area contributed by atoms with Gasteiger partial charge in [-0.3, -0.25) is 4.90 Å². The highest BCUT2D eigenvalue weighted by Gasteiger charge is 2.24. The van der Waals surface area contributed by atoms with Crippen LogP contribution in [0.25, 0.3) is 0 Å². The summed E-state index contributed by atoms with van der Waals surface area (Å²) in [6.07, 6.45) is 2.37. The summed E-state index contributed by atoms with van der Waals surface area (Å²) < 4.78 is 13.5. The molecular weight excluding hydrogens is 251 g/mol. The first-order valence-electron chi connectivity index (χ1n) is 6.51. The molecule has 0 radical (unpaired) electrons. The van der Waals surface area contributed by atoms with Crippen LogP contribution in [-0.2, 0) is 0 Å². The fraction of sp³-hybridized carbons (Fsp3) is 0.571. The molecule has 1 fully saturated rings. The first-order chi connectivity index (χ1) is 8.61. The van der Waals surface area contributed by atoms with E-state index in [1.54, 1.807) is 6.07 Å². The molecule has 0 saturated carbocycles. The molecule has 1 atom stereocenters. The average molecular weight is 271 g/mol. The van der Waals surface area contributed by atoms with Crippen molar-refractivity contribution < 1.29 is 4.39 Å². The SMILES string of the molecule is CC1CCN(C(CN)c2ccc(Cl)c(F)c2)CC1. The van der Waals surface area contributed by atoms with Gasteiger partial charge in [0, 0.05) is 12.6 Å². The van der Waals surface area contributed by atoms with Gasteiger partial charge < -0.3 is 5.73 Å². The predicted molar refractivity (Wildman–Crippen MR) is 73.2 cm³/mol. The predicted octanol–water partition coefficient (Wildman–Crippen LogP) is 3.21. The van der Waals surface area contributed by atoms with E-state index >= 15 is 0 Å². The topological polar surface area (TPSA) is 29.3 Å². The van der Waals surface area contributed by atoms with E-state index in [4.69, 9.17) is 17.3 Å². The van der Waals surface area contributed by atoms with Crippen LogP contribution in [0.15, 0.2) is 18.2 Å². The van der Waals surface area contributed by atoms with Gasteiger partial charge in [-0.1, -0.05) is 24.6 Å². The average Bonchev–Trinajstić information content (AvgIpc) is 2.37. The van der Waals surface area contributed by atoms with E-state index in [9.17, 15) is 4.39 Å². The van der Waals surface area contributed by atoms with Crippen molar-refractivity contribution in [3.05, 3.63) is 34.6 Å². The van der Waals surface area contributed by atoms with Crippen LogP contribution in [0.4, 0.5) is 4.39 Å². The van der Waals surface area contributed by atoms with Gasteiger partial charge >= 0.3 is 0 Å². The molecule has 2 rings (SSSR count). The maximum atomic E-state index is 13.5. The Balaban J connectivity index is 2.14. The molecule has 100 valence electrons. The number of hydrogen-bond donors (Lipinski definition) is 1. The lowest BCUT2D eigenvalue weighted by Gasteiger charge is -2.36. The zero-order chi connectivity index (χ0) is 13.1. The Bertz CT molecular complexity index is 403. The van der Waals surface area contributed by atoms with Crippen LogP contribution in [0.2, 0.25) is 5.02 Å². The van der Waals surface area contributed by atoms with Gasteiger partial charge in [-0.15, -0.1) is 0 Å². The lowest BCUT2D eigenvalue weighted by atomic mass is 9.96. The third-order valence-electron chi connectivity index (χ3n) is 3.81. The summed E-state index contributed by atoms with van der Waals surface area (Å²) in [6, 6.07) is 5.10. The number of piperidine rings is 1. The van der Waals surface area contributed by atoms with Crippen molar-refractivity contribution in [2.75, 3.05) is 19.6 Å². The molecule has 1 heterocycles. The minimum atomic E-state index is -0.363. The fourth-order valence-corrected chi connectivity index (χ4v) is 2.67. The van der Waals surface area contributed by atoms with E-state index in [2.05, 4.69) is 11.8 Å². The van der Waals surface area contributed by atoms with Crippen LogP contribution in [-0.4, -0.2) is 24.5 Å². The zero-order valence-corrected chi connectivity index (χ0v) is 11.5. The van der Waals surface area contributed by atoms with Crippen molar-refractivity contribution in [2.24, 2.45) is 11.7 Å². The highest BCUT2D eigenvalue weighted by molar-refractivity contribution is 6.30. The molecule has 0 aromatic heterocycles. The molecule has 0 amide bonds. The minimum Gasteiger partial charge on any atom is -0.329 e. The molecule has 2 N–H and O–H groups in total. The Labute approximate surface area is 113 Å². The Kier molecular flexibility index (Phi) is 4.60. The second-order valence-corrected chi connectivity index (χ2v) is 5.55. The standard InChI is InChI=1S/C14H20ClFN2/c1-10-4-6-18(7-5-10)14(9-17)11-2-3-12(15)13(16)8-11/h2-3,8,10,14H,4-7,9,17H2,1H3. The van der Waals surface area contributed by atoms with E-state index in [0.717, 1.165) is 24.6 Å². The summed E-state index contributed by atoms with van der Waals surface area (Å²) in [4.78, 5) is 2.35. The number of likely N-dealkylation sites (tertiary alicyclic amines) is 1. The van der Waals surface area contributed by atoms with E-state index < -0.39 is 0 Å². The molecule has 1 aromatic carbocycles. The van der Waals surface area contributed by atoms with E-state index in [1.807, 2.05) is 6.07 Å². The van der Waals surface area contributed by atoms with Crippen LogP contribution in [0, 0.1) is 11.7 Å². The summed E-state index contributed by atoms with van der Waals surface area (Å²) >= 11 is 5.71. The summed E-state index contributed by atoms with van der Waals surface area (Å²) in [6.45, 7) is 4.85. The third kappa shape index (κ3) is 3.02. The van der Waals surface area contributed by atoms with Gasteiger partial charge in [0.2, 0.25) is 0 Å². The molecule has 18 heavy (non-hydrogen) atoms. The molecule has 1 saturated heterocycles. The number of nitrogens with zero attached hydrogens (tertiary/aromatic N) is 1. The smallest absolute Gasteiger partial charge is 0.142 e. The highest BCUT2D eigenvalue weighted by atomic mass is 35.5. The van der Waals surface area contributed by atoms with Crippen LogP contribution in [0.1, 0.15) is 31.4 Å². The summed E-state index contributed by atoms with van der Waals surface area (Å²) in [5, 5.41) is 0.168. The first kappa shape index (κ1) is 13.8. The normalized spacial score (nSPS) is 20.0. The van der Waals surface area contributed by atoms with Gasteiger partial charge in [0.1, 0.15) is 5.82 Å². The third-order valence-corrected chi connectivity index (χ3v) is 4.12. The molecule has 4 heteroatoms. The van der Waals surface area contributed by atoms with Crippen molar-refractivity contribution in [2.45, 2.75) is 25.8 Å². The van der Waals surface area contributed by atoms with Crippen LogP contribution >= 0.6 is 11.6 Å². The van der Waals surface area contributed by atoms with E-state index in [1.165, 1.54) is 18.9 Å². The van der Waals surface area contributed by atoms with Gasteiger partial charge in [-0.25, -0.2) is 4.39 Å². The zero-order valence-electron chi connectivity index (χ0n) is 10.7. The maximum Gasteiger partial charge on any atom is 0.142 e. The number of nitrogens with two attached hydrogens (primary N) is 1. The monoisotopic (exact) mass is 270 g/mol. The molecule has 1 aliphatic heterocycles. The van der Waals surface area contributed by atoms with E-state index in [-0.39, 0.29) is 16.9 Å². The minimum absolute atomic E-state index is 0.101. The summed E-state index contributed by atoms with van der Waals surface area (Å²) in [5.74, 6) is 0.416. The van der Waals surface area contributed by atoms with Gasteiger partial charge in [0.05, 0.1) is 5.02 Å². The quantitative estimate of drug-likeness (QED) is 0.914. The Morgan fingerprint density at radius 1 is 1.44 bits per heavy atom. The Morgan fingerprint density at radius 3 is 2.67 bits per heavy atom. The molecule has 1 aromatic rings. The van der Waals surface area contributed by atoms with Crippen molar-refractivity contribution in [1.29, 1.82) is 0 Å². The summed E-state index contributed by atoms with van der Waals surface area (Å²) in [5.41, 5.74) is 6.79. The van der Waals surface area contributed by atoms with Crippen LogP contribution in [0.3, 0.4) is 0 Å². The summed E-state index contributed by atoms with van der Waals surface area (Å²) in [7, 11) is 0. The fourth-order valence-electron chi connectivity index (χ4n) is 2.56. The van der Waals surface area contributed by atoms with Crippen molar-refractivity contribution in [1.82, 2.24) is 4.90 Å². The molecule has 2 nitrogen and oxygen atoms in total. The number of hydrogen-bond acceptors (Lipinski definition) is 2. The van der Waals surface area contributed by atoms with Crippen molar-refractivity contribution >= 4 is 11.6 Å². The van der Waals surface area contributed by atoms with Crippen molar-refractivity contribution in [3.63, 3.8) is 0 Å². The first-order valence-corrected chi connectivity index (χ1v) is 6.88. The molecule has 0 aliphatic carbocycles. The highest BCUT2D eigenvalue weighted by Crippen LogP contribution is 2.27. The van der Waals surface area contributed by atoms with Crippen molar-refractivity contribution in [3.8, 4) is 0 Å². The second kappa shape index (κ2) is 6.00. The largest absolute Gasteiger partial charge is 0.329 e. The molecule has 0 bridgehead atoms. The molecule has 1 aliphatic rings. The van der Waals surface area contributed by atoms with Gasteiger partial charge in [-0.05, 0) is 49.5 Å². The molecule has 0 spiro atoms. The molecular formula is C14H20ClFN2. The van der Waals surface area contributed by atoms with Crippen LogP contribution in [0.5, 0.6) is 0 Å². The Morgan fingerprint density at radius 2 is 2.11 bits per heavy atom. The maximum absolute atomic E-state index is 13.5. The van der Waals surface area contributed by atoms with E-state index in [0.29, 0.717) is 6.54 Å². The number of halogens is 2. The molecule has 1 unspecified atom stereocenters.